The number of piperazine rings is 1. The van der Waals surface area contributed by atoms with Crippen molar-refractivity contribution in [2.45, 2.75) is 25.8 Å². The predicted molar refractivity (Wildman–Crippen MR) is 80.6 cm³/mol. The van der Waals surface area contributed by atoms with Gasteiger partial charge in [-0.1, -0.05) is 0 Å². The van der Waals surface area contributed by atoms with Crippen molar-refractivity contribution in [3.05, 3.63) is 29.6 Å². The second kappa shape index (κ2) is 7.35. The zero-order chi connectivity index (χ0) is 16.1. The number of ketones is 1. The predicted octanol–water partition coefficient (Wildman–Crippen LogP) is 1.62. The Morgan fingerprint density at radius 1 is 1.41 bits per heavy atom. The second-order valence-corrected chi connectivity index (χ2v) is 5.41. The zero-order valence-corrected chi connectivity index (χ0v) is 12.9. The molecule has 1 aromatic rings. The number of hydrogen-bond donors (Lipinski definition) is 1. The van der Waals surface area contributed by atoms with E-state index in [1.54, 1.807) is 4.90 Å². The monoisotopic (exact) mass is 308 g/mol. The molecule has 1 heterocycles. The third kappa shape index (κ3) is 3.82. The lowest BCUT2D eigenvalue weighted by Gasteiger charge is -2.34. The summed E-state index contributed by atoms with van der Waals surface area (Å²) in [5.41, 5.74) is 0.263. The van der Waals surface area contributed by atoms with Crippen LogP contribution in [-0.4, -0.2) is 49.4 Å². The largest absolute Gasteiger partial charge is 0.494 e. The minimum Gasteiger partial charge on any atom is -0.494 e. The maximum atomic E-state index is 13.6. The van der Waals surface area contributed by atoms with Crippen LogP contribution >= 0.6 is 0 Å². The van der Waals surface area contributed by atoms with Crippen LogP contribution in [0, 0.1) is 5.82 Å². The van der Waals surface area contributed by atoms with Crippen LogP contribution in [0.3, 0.4) is 0 Å². The van der Waals surface area contributed by atoms with Gasteiger partial charge < -0.3 is 15.0 Å². The van der Waals surface area contributed by atoms with Gasteiger partial charge in [0.25, 0.3) is 0 Å². The summed E-state index contributed by atoms with van der Waals surface area (Å²) in [6.07, 6.45) is 0.234. The molecule has 0 radical (unpaired) electrons. The van der Waals surface area contributed by atoms with Crippen molar-refractivity contribution in [3.8, 4) is 5.75 Å². The fourth-order valence-corrected chi connectivity index (χ4v) is 2.56. The molecule has 1 fully saturated rings. The summed E-state index contributed by atoms with van der Waals surface area (Å²) in [6.45, 7) is 4.17. The summed E-state index contributed by atoms with van der Waals surface area (Å²) < 4.78 is 18.4. The topological polar surface area (TPSA) is 58.6 Å². The van der Waals surface area contributed by atoms with Crippen LogP contribution in [0.15, 0.2) is 18.2 Å². The minimum atomic E-state index is -0.574. The average molecular weight is 308 g/mol. The summed E-state index contributed by atoms with van der Waals surface area (Å²) in [7, 11) is 1.37. The van der Waals surface area contributed by atoms with E-state index < -0.39 is 5.82 Å². The lowest BCUT2D eigenvalue weighted by Crippen LogP contribution is -2.52. The SMILES string of the molecule is COc1ccc(C(=O)CCC(=O)N2CCNC[C@H]2C)cc1F. The number of rotatable bonds is 5. The zero-order valence-electron chi connectivity index (χ0n) is 12.9. The van der Waals surface area contributed by atoms with E-state index in [1.807, 2.05) is 6.92 Å². The van der Waals surface area contributed by atoms with Crippen molar-refractivity contribution in [3.63, 3.8) is 0 Å². The molecule has 1 aliphatic rings. The molecule has 1 atom stereocenters. The number of carbonyl (C=O) groups is 2. The number of Topliss-reactive ketones (excluding diaryl/α,β-unsaturated/α-hetero) is 1. The molecule has 1 aliphatic heterocycles. The third-order valence-corrected chi connectivity index (χ3v) is 3.86. The van der Waals surface area contributed by atoms with Crippen molar-refractivity contribution < 1.29 is 18.7 Å². The number of carbonyl (C=O) groups excluding carboxylic acids is 2. The number of hydrogen-bond acceptors (Lipinski definition) is 4. The van der Waals surface area contributed by atoms with Gasteiger partial charge in [0, 0.05) is 44.1 Å². The van der Waals surface area contributed by atoms with Gasteiger partial charge in [-0.15, -0.1) is 0 Å². The molecule has 6 heteroatoms. The van der Waals surface area contributed by atoms with Gasteiger partial charge in [-0.3, -0.25) is 9.59 Å². The van der Waals surface area contributed by atoms with Gasteiger partial charge in [0.05, 0.1) is 7.11 Å². The molecule has 0 unspecified atom stereocenters. The molecule has 22 heavy (non-hydrogen) atoms. The highest BCUT2D eigenvalue weighted by molar-refractivity contribution is 5.98. The molecule has 1 aromatic carbocycles. The first kappa shape index (κ1) is 16.4. The highest BCUT2D eigenvalue weighted by Crippen LogP contribution is 2.19. The lowest BCUT2D eigenvalue weighted by atomic mass is 10.1. The van der Waals surface area contributed by atoms with Gasteiger partial charge in [-0.25, -0.2) is 4.39 Å². The lowest BCUT2D eigenvalue weighted by molar-refractivity contribution is -0.133. The van der Waals surface area contributed by atoms with Crippen molar-refractivity contribution in [2.24, 2.45) is 0 Å². The Morgan fingerprint density at radius 2 is 2.18 bits per heavy atom. The van der Waals surface area contributed by atoms with Crippen molar-refractivity contribution in [2.75, 3.05) is 26.7 Å². The number of amides is 1. The van der Waals surface area contributed by atoms with E-state index in [2.05, 4.69) is 5.32 Å². The van der Waals surface area contributed by atoms with E-state index in [-0.39, 0.29) is 41.9 Å². The molecule has 0 aromatic heterocycles. The van der Waals surface area contributed by atoms with Gasteiger partial charge in [0.1, 0.15) is 0 Å². The van der Waals surface area contributed by atoms with Crippen LogP contribution in [0.5, 0.6) is 5.75 Å². The summed E-state index contributed by atoms with van der Waals surface area (Å²) in [5.74, 6) is -0.744. The normalized spacial score (nSPS) is 18.1. The standard InChI is InChI=1S/C16H21FN2O3/c1-11-10-18-7-8-19(11)16(21)6-4-14(20)12-3-5-15(22-2)13(17)9-12/h3,5,9,11,18H,4,6-8,10H2,1-2H3/t11-/m1/s1. The van der Waals surface area contributed by atoms with E-state index in [0.29, 0.717) is 6.54 Å². The smallest absolute Gasteiger partial charge is 0.223 e. The van der Waals surface area contributed by atoms with E-state index in [1.165, 1.54) is 19.2 Å². The van der Waals surface area contributed by atoms with E-state index in [9.17, 15) is 14.0 Å². The molecule has 2 rings (SSSR count). The van der Waals surface area contributed by atoms with E-state index in [4.69, 9.17) is 4.74 Å². The summed E-state index contributed by atoms with van der Waals surface area (Å²) in [5, 5.41) is 3.21. The highest BCUT2D eigenvalue weighted by atomic mass is 19.1. The molecule has 1 N–H and O–H groups in total. The van der Waals surface area contributed by atoms with Gasteiger partial charge in [0.2, 0.25) is 5.91 Å². The molecule has 0 bridgehead atoms. The number of ether oxygens (including phenoxy) is 1. The molecule has 1 amide bonds. The van der Waals surface area contributed by atoms with Crippen molar-refractivity contribution in [1.29, 1.82) is 0 Å². The van der Waals surface area contributed by atoms with Crippen LogP contribution in [-0.2, 0) is 4.79 Å². The quantitative estimate of drug-likeness (QED) is 0.840. The molecule has 0 saturated carbocycles. The summed E-state index contributed by atoms with van der Waals surface area (Å²) >= 11 is 0. The Morgan fingerprint density at radius 3 is 2.82 bits per heavy atom. The fraction of sp³-hybridized carbons (Fsp3) is 0.500. The Balaban J connectivity index is 1.92. The Kier molecular flexibility index (Phi) is 5.49. The first-order valence-corrected chi connectivity index (χ1v) is 7.40. The first-order valence-electron chi connectivity index (χ1n) is 7.40. The maximum absolute atomic E-state index is 13.6. The Bertz CT molecular complexity index is 562. The molecule has 120 valence electrons. The van der Waals surface area contributed by atoms with Crippen LogP contribution < -0.4 is 10.1 Å². The maximum Gasteiger partial charge on any atom is 0.223 e. The second-order valence-electron chi connectivity index (χ2n) is 5.41. The number of methoxy groups -OCH3 is 1. The van der Waals surface area contributed by atoms with Crippen LogP contribution in [0.2, 0.25) is 0 Å². The first-order chi connectivity index (χ1) is 10.5. The molecular formula is C16H21FN2O3. The molecule has 1 saturated heterocycles. The summed E-state index contributed by atoms with van der Waals surface area (Å²) in [6, 6.07) is 4.22. The molecular weight excluding hydrogens is 287 g/mol. The van der Waals surface area contributed by atoms with Crippen LogP contribution in [0.1, 0.15) is 30.1 Å². The third-order valence-electron chi connectivity index (χ3n) is 3.86. The molecule has 5 nitrogen and oxygen atoms in total. The van der Waals surface area contributed by atoms with Crippen LogP contribution in [0.4, 0.5) is 4.39 Å². The van der Waals surface area contributed by atoms with Crippen molar-refractivity contribution >= 4 is 11.7 Å². The van der Waals surface area contributed by atoms with Crippen molar-refractivity contribution in [1.82, 2.24) is 10.2 Å². The molecule has 0 spiro atoms. The van der Waals surface area contributed by atoms with Gasteiger partial charge in [0.15, 0.2) is 17.3 Å². The van der Waals surface area contributed by atoms with Crippen LogP contribution in [0.25, 0.3) is 0 Å². The number of nitrogens with one attached hydrogen (secondary N) is 1. The Labute approximate surface area is 129 Å². The Hall–Kier alpha value is -1.95. The number of benzene rings is 1. The minimum absolute atomic E-state index is 0.0312. The number of halogens is 1. The fourth-order valence-electron chi connectivity index (χ4n) is 2.56. The van der Waals surface area contributed by atoms with E-state index in [0.717, 1.165) is 19.2 Å². The number of nitrogens with zero attached hydrogens (tertiary/aromatic N) is 1. The van der Waals surface area contributed by atoms with Gasteiger partial charge in [-0.2, -0.15) is 0 Å². The summed E-state index contributed by atoms with van der Waals surface area (Å²) in [4.78, 5) is 26.0. The average Bonchev–Trinajstić information content (AvgIpc) is 2.52. The highest BCUT2D eigenvalue weighted by Gasteiger charge is 2.23. The molecule has 0 aliphatic carbocycles. The van der Waals surface area contributed by atoms with Gasteiger partial charge >= 0.3 is 0 Å². The van der Waals surface area contributed by atoms with Gasteiger partial charge in [-0.05, 0) is 25.1 Å². The van der Waals surface area contributed by atoms with E-state index >= 15 is 0 Å².